The Morgan fingerprint density at radius 2 is 2.10 bits per heavy atom. The first-order valence-corrected chi connectivity index (χ1v) is 7.32. The predicted octanol–water partition coefficient (Wildman–Crippen LogP) is 3.17. The van der Waals surface area contributed by atoms with Crippen LogP contribution in [0.5, 0.6) is 5.75 Å². The monoisotopic (exact) mass is 299 g/mol. The molecule has 1 atom stereocenters. The highest BCUT2D eigenvalue weighted by Crippen LogP contribution is 2.24. The van der Waals surface area contributed by atoms with Crippen molar-refractivity contribution in [2.45, 2.75) is 39.8 Å². The highest BCUT2D eigenvalue weighted by Gasteiger charge is 2.20. The van der Waals surface area contributed by atoms with Gasteiger partial charge in [0.15, 0.2) is 6.10 Å². The number of esters is 1. The molecular weight excluding hydrogens is 278 g/mol. The highest BCUT2D eigenvalue weighted by molar-refractivity contribution is 6.30. The third kappa shape index (κ3) is 5.02. The Kier molecular flexibility index (Phi) is 7.41. The maximum absolute atomic E-state index is 11.8. The molecule has 20 heavy (non-hydrogen) atoms. The highest BCUT2D eigenvalue weighted by atomic mass is 35.5. The smallest absolute Gasteiger partial charge is 0.347 e. The topological polar surface area (TPSA) is 47.6 Å². The Bertz CT molecular complexity index is 437. The minimum Gasteiger partial charge on any atom is -0.478 e. The van der Waals surface area contributed by atoms with Gasteiger partial charge < -0.3 is 14.8 Å². The van der Waals surface area contributed by atoms with Crippen LogP contribution >= 0.6 is 11.6 Å². The van der Waals surface area contributed by atoms with Crippen LogP contribution in [0.4, 0.5) is 0 Å². The molecular formula is C15H22ClNO3. The molecule has 0 saturated heterocycles. The molecule has 112 valence electrons. The van der Waals surface area contributed by atoms with E-state index in [1.54, 1.807) is 19.1 Å². The molecule has 0 bridgehead atoms. The van der Waals surface area contributed by atoms with Crippen LogP contribution in [0.3, 0.4) is 0 Å². The molecule has 1 aromatic rings. The number of benzene rings is 1. The molecule has 0 spiro atoms. The fourth-order valence-corrected chi connectivity index (χ4v) is 1.94. The van der Waals surface area contributed by atoms with E-state index in [0.717, 1.165) is 12.1 Å². The van der Waals surface area contributed by atoms with Crippen molar-refractivity contribution < 1.29 is 14.3 Å². The van der Waals surface area contributed by atoms with E-state index in [0.29, 0.717) is 30.3 Å². The van der Waals surface area contributed by atoms with E-state index in [2.05, 4.69) is 5.32 Å². The second kappa shape index (κ2) is 8.82. The molecule has 0 radical (unpaired) electrons. The van der Waals surface area contributed by atoms with Gasteiger partial charge in [-0.3, -0.25) is 0 Å². The molecule has 1 aromatic carbocycles. The zero-order chi connectivity index (χ0) is 15.0. The fourth-order valence-electron chi connectivity index (χ4n) is 1.75. The number of halogens is 1. The van der Waals surface area contributed by atoms with Crippen molar-refractivity contribution in [3.8, 4) is 5.75 Å². The number of carbonyl (C=O) groups is 1. The summed E-state index contributed by atoms with van der Waals surface area (Å²) in [6, 6.07) is 5.39. The van der Waals surface area contributed by atoms with Gasteiger partial charge in [0.25, 0.3) is 0 Å². The average Bonchev–Trinajstić information content (AvgIpc) is 2.44. The number of carbonyl (C=O) groups excluding carboxylic acids is 1. The Balaban J connectivity index is 2.85. The van der Waals surface area contributed by atoms with Gasteiger partial charge in [0.05, 0.1) is 6.61 Å². The Morgan fingerprint density at radius 1 is 1.35 bits per heavy atom. The molecule has 1 rings (SSSR count). The van der Waals surface area contributed by atoms with Gasteiger partial charge in [-0.05, 0) is 38.1 Å². The normalized spacial score (nSPS) is 12.0. The van der Waals surface area contributed by atoms with Gasteiger partial charge in [0.2, 0.25) is 0 Å². The van der Waals surface area contributed by atoms with E-state index in [1.807, 2.05) is 19.9 Å². The SMILES string of the molecule is CCNCc1cc(Cl)ccc1OC(CC)C(=O)OCC. The maximum Gasteiger partial charge on any atom is 0.347 e. The molecule has 0 aromatic heterocycles. The van der Waals surface area contributed by atoms with Crippen molar-refractivity contribution in [3.63, 3.8) is 0 Å². The van der Waals surface area contributed by atoms with Crippen LogP contribution in [-0.4, -0.2) is 25.2 Å². The van der Waals surface area contributed by atoms with E-state index < -0.39 is 6.10 Å². The fraction of sp³-hybridized carbons (Fsp3) is 0.533. The molecule has 1 N–H and O–H groups in total. The first-order valence-electron chi connectivity index (χ1n) is 6.94. The van der Waals surface area contributed by atoms with Gasteiger partial charge in [-0.25, -0.2) is 4.79 Å². The summed E-state index contributed by atoms with van der Waals surface area (Å²) in [5.74, 6) is 0.328. The van der Waals surface area contributed by atoms with Crippen LogP contribution in [0.25, 0.3) is 0 Å². The van der Waals surface area contributed by atoms with Crippen LogP contribution in [0.2, 0.25) is 5.02 Å². The average molecular weight is 300 g/mol. The predicted molar refractivity (Wildman–Crippen MR) is 80.2 cm³/mol. The molecule has 5 heteroatoms. The third-order valence-corrected chi connectivity index (χ3v) is 3.01. The minimum atomic E-state index is -0.587. The van der Waals surface area contributed by atoms with Gasteiger partial charge in [0, 0.05) is 17.1 Å². The summed E-state index contributed by atoms with van der Waals surface area (Å²) in [5, 5.41) is 3.87. The second-order valence-electron chi connectivity index (χ2n) is 4.30. The summed E-state index contributed by atoms with van der Waals surface area (Å²) in [7, 11) is 0. The van der Waals surface area contributed by atoms with Crippen LogP contribution < -0.4 is 10.1 Å². The molecule has 0 saturated carbocycles. The summed E-state index contributed by atoms with van der Waals surface area (Å²) in [6.45, 7) is 7.54. The lowest BCUT2D eigenvalue weighted by Gasteiger charge is -2.18. The molecule has 0 aliphatic rings. The van der Waals surface area contributed by atoms with E-state index in [4.69, 9.17) is 21.1 Å². The summed E-state index contributed by atoms with van der Waals surface area (Å²) in [5.41, 5.74) is 0.932. The van der Waals surface area contributed by atoms with E-state index >= 15 is 0 Å². The number of hydrogen-bond donors (Lipinski definition) is 1. The summed E-state index contributed by atoms with van der Waals surface area (Å²) in [4.78, 5) is 11.8. The summed E-state index contributed by atoms with van der Waals surface area (Å²) in [6.07, 6.45) is -0.0289. The van der Waals surface area contributed by atoms with Crippen molar-refractivity contribution in [3.05, 3.63) is 28.8 Å². The van der Waals surface area contributed by atoms with E-state index in [9.17, 15) is 4.79 Å². The van der Waals surface area contributed by atoms with Crippen LogP contribution in [0.1, 0.15) is 32.8 Å². The molecule has 0 heterocycles. The minimum absolute atomic E-state index is 0.334. The summed E-state index contributed by atoms with van der Waals surface area (Å²) < 4.78 is 10.8. The third-order valence-electron chi connectivity index (χ3n) is 2.78. The van der Waals surface area contributed by atoms with E-state index in [-0.39, 0.29) is 5.97 Å². The molecule has 4 nitrogen and oxygen atoms in total. The summed E-state index contributed by atoms with van der Waals surface area (Å²) >= 11 is 6.00. The first kappa shape index (κ1) is 16.8. The number of ether oxygens (including phenoxy) is 2. The first-order chi connectivity index (χ1) is 9.62. The molecule has 0 fully saturated rings. The number of nitrogens with one attached hydrogen (secondary N) is 1. The van der Waals surface area contributed by atoms with Gasteiger partial charge in [-0.2, -0.15) is 0 Å². The maximum atomic E-state index is 11.8. The molecule has 1 unspecified atom stereocenters. The quantitative estimate of drug-likeness (QED) is 0.749. The zero-order valence-corrected chi connectivity index (χ0v) is 13.0. The van der Waals surface area contributed by atoms with Gasteiger partial charge >= 0.3 is 5.97 Å². The van der Waals surface area contributed by atoms with Gasteiger partial charge in [-0.1, -0.05) is 25.4 Å². The van der Waals surface area contributed by atoms with Crippen LogP contribution in [-0.2, 0) is 16.1 Å². The number of hydrogen-bond acceptors (Lipinski definition) is 4. The van der Waals surface area contributed by atoms with Crippen molar-refractivity contribution in [2.75, 3.05) is 13.2 Å². The van der Waals surface area contributed by atoms with Crippen molar-refractivity contribution in [2.24, 2.45) is 0 Å². The van der Waals surface area contributed by atoms with E-state index in [1.165, 1.54) is 0 Å². The van der Waals surface area contributed by atoms with Crippen LogP contribution in [0.15, 0.2) is 18.2 Å². The lowest BCUT2D eigenvalue weighted by Crippen LogP contribution is -2.29. The largest absolute Gasteiger partial charge is 0.478 e. The van der Waals surface area contributed by atoms with Crippen molar-refractivity contribution >= 4 is 17.6 Å². The lowest BCUT2D eigenvalue weighted by atomic mass is 10.2. The Hall–Kier alpha value is -1.26. The molecule has 0 aliphatic heterocycles. The van der Waals surface area contributed by atoms with Gasteiger partial charge in [-0.15, -0.1) is 0 Å². The van der Waals surface area contributed by atoms with Gasteiger partial charge in [0.1, 0.15) is 5.75 Å². The standard InChI is InChI=1S/C15H22ClNO3/c1-4-13(15(18)19-6-3)20-14-8-7-12(16)9-11(14)10-17-5-2/h7-9,13,17H,4-6,10H2,1-3H3. The Labute approximate surface area is 125 Å². The number of rotatable bonds is 8. The lowest BCUT2D eigenvalue weighted by molar-refractivity contribution is -0.151. The zero-order valence-electron chi connectivity index (χ0n) is 12.2. The van der Waals surface area contributed by atoms with Crippen molar-refractivity contribution in [1.82, 2.24) is 5.32 Å². The molecule has 0 amide bonds. The second-order valence-corrected chi connectivity index (χ2v) is 4.74. The van der Waals surface area contributed by atoms with Crippen molar-refractivity contribution in [1.29, 1.82) is 0 Å². The molecule has 0 aliphatic carbocycles. The Morgan fingerprint density at radius 3 is 2.70 bits per heavy atom. The van der Waals surface area contributed by atoms with Crippen LogP contribution in [0, 0.1) is 0 Å².